The van der Waals surface area contributed by atoms with Gasteiger partial charge in [0, 0.05) is 33.2 Å². The number of rotatable bonds is 8. The molecule has 0 saturated heterocycles. The number of nitrogens with one attached hydrogen (secondary N) is 1. The van der Waals surface area contributed by atoms with Gasteiger partial charge in [-0.05, 0) is 99.0 Å². The van der Waals surface area contributed by atoms with Gasteiger partial charge in [-0.25, -0.2) is 13.8 Å². The number of hydrazone groups is 1. The minimum absolute atomic E-state index is 0.157. The highest BCUT2D eigenvalue weighted by molar-refractivity contribution is 7.92. The Kier molecular flexibility index (Phi) is 8.28. The first-order valence-electron chi connectivity index (χ1n) is 12.4. The van der Waals surface area contributed by atoms with E-state index in [2.05, 4.69) is 15.1 Å². The maximum Gasteiger partial charge on any atom is 0.271 e. The second-order valence-electron chi connectivity index (χ2n) is 9.57. The molecule has 4 aromatic rings. The molecule has 9 heteroatoms. The zero-order valence-electron chi connectivity index (χ0n) is 22.6. The Hall–Kier alpha value is -3.88. The summed E-state index contributed by atoms with van der Waals surface area (Å²) >= 11 is 6.02. The lowest BCUT2D eigenvalue weighted by molar-refractivity contribution is 0.0955. The highest BCUT2D eigenvalue weighted by atomic mass is 35.5. The van der Waals surface area contributed by atoms with Crippen LogP contribution in [-0.4, -0.2) is 31.4 Å². The lowest BCUT2D eigenvalue weighted by Gasteiger charge is -2.23. The van der Waals surface area contributed by atoms with E-state index in [-0.39, 0.29) is 12.5 Å². The normalized spacial score (nSPS) is 11.6. The van der Waals surface area contributed by atoms with E-state index in [0.29, 0.717) is 16.3 Å². The van der Waals surface area contributed by atoms with E-state index in [4.69, 9.17) is 11.6 Å². The molecule has 1 amide bonds. The summed E-state index contributed by atoms with van der Waals surface area (Å²) < 4.78 is 28.5. The van der Waals surface area contributed by atoms with Gasteiger partial charge < -0.3 is 4.57 Å². The highest BCUT2D eigenvalue weighted by Crippen LogP contribution is 2.24. The summed E-state index contributed by atoms with van der Waals surface area (Å²) in [6.07, 6.45) is 2.81. The van der Waals surface area contributed by atoms with Crippen molar-refractivity contribution in [2.24, 2.45) is 5.10 Å². The quantitative estimate of drug-likeness (QED) is 0.208. The van der Waals surface area contributed by atoms with Crippen LogP contribution in [0.3, 0.4) is 0 Å². The van der Waals surface area contributed by atoms with Gasteiger partial charge in [-0.3, -0.25) is 9.10 Å². The third kappa shape index (κ3) is 6.58. The summed E-state index contributed by atoms with van der Waals surface area (Å²) in [6.45, 7) is 8.08. The maximum absolute atomic E-state index is 12.7. The molecule has 0 fully saturated rings. The number of hydrogen-bond acceptors (Lipinski definition) is 4. The molecule has 0 aliphatic carbocycles. The molecular formula is C30H31ClN4O3S. The molecule has 0 radical (unpaired) electrons. The van der Waals surface area contributed by atoms with Crippen molar-refractivity contribution in [1.82, 2.24) is 9.99 Å². The number of halogens is 1. The van der Waals surface area contributed by atoms with Crippen LogP contribution in [0.25, 0.3) is 5.69 Å². The Labute approximate surface area is 234 Å². The average molecular weight is 563 g/mol. The molecule has 0 bridgehead atoms. The minimum Gasteiger partial charge on any atom is -0.318 e. The lowest BCUT2D eigenvalue weighted by atomic mass is 10.1. The number of carbonyl (C=O) groups is 1. The summed E-state index contributed by atoms with van der Waals surface area (Å²) in [7, 11) is -3.51. The molecule has 1 aromatic heterocycles. The van der Waals surface area contributed by atoms with Crippen molar-refractivity contribution < 1.29 is 13.2 Å². The van der Waals surface area contributed by atoms with Gasteiger partial charge in [-0.15, -0.1) is 0 Å². The molecule has 39 heavy (non-hydrogen) atoms. The van der Waals surface area contributed by atoms with Crippen molar-refractivity contribution in [3.8, 4) is 5.69 Å². The second kappa shape index (κ2) is 11.5. The summed E-state index contributed by atoms with van der Waals surface area (Å²) in [4.78, 5) is 12.7. The van der Waals surface area contributed by atoms with Crippen molar-refractivity contribution in [2.45, 2.75) is 34.2 Å². The first kappa shape index (κ1) is 28.1. The topological polar surface area (TPSA) is 83.8 Å². The molecule has 7 nitrogen and oxygen atoms in total. The largest absolute Gasteiger partial charge is 0.318 e. The van der Waals surface area contributed by atoms with Crippen LogP contribution >= 0.6 is 11.6 Å². The number of hydrogen-bond donors (Lipinski definition) is 1. The van der Waals surface area contributed by atoms with Crippen LogP contribution < -0.4 is 9.73 Å². The summed E-state index contributed by atoms with van der Waals surface area (Å²) in [5.74, 6) is -0.363. The van der Waals surface area contributed by atoms with Crippen molar-refractivity contribution in [2.75, 3.05) is 10.6 Å². The lowest BCUT2D eigenvalue weighted by Crippen LogP contribution is -2.29. The highest BCUT2D eigenvalue weighted by Gasteiger charge is 2.19. The maximum atomic E-state index is 12.7. The van der Waals surface area contributed by atoms with Crippen LogP contribution in [0.2, 0.25) is 5.02 Å². The minimum atomic E-state index is -3.51. The van der Waals surface area contributed by atoms with Gasteiger partial charge in [0.05, 0.1) is 24.7 Å². The fourth-order valence-corrected chi connectivity index (χ4v) is 5.34. The fraction of sp³-hybridized carbons (Fsp3) is 0.200. The Morgan fingerprint density at radius 1 is 0.949 bits per heavy atom. The Morgan fingerprint density at radius 3 is 2.23 bits per heavy atom. The molecule has 0 aliphatic rings. The van der Waals surface area contributed by atoms with Gasteiger partial charge in [0.2, 0.25) is 10.0 Å². The first-order chi connectivity index (χ1) is 18.4. The first-order valence-corrected chi connectivity index (χ1v) is 14.6. The van der Waals surface area contributed by atoms with E-state index in [1.54, 1.807) is 36.5 Å². The van der Waals surface area contributed by atoms with Gasteiger partial charge in [0.15, 0.2) is 0 Å². The number of carbonyl (C=O) groups excluding carboxylic acids is 1. The average Bonchev–Trinajstić information content (AvgIpc) is 3.17. The molecule has 0 saturated carbocycles. The Balaban J connectivity index is 1.44. The smallest absolute Gasteiger partial charge is 0.271 e. The monoisotopic (exact) mass is 562 g/mol. The zero-order chi connectivity index (χ0) is 28.3. The van der Waals surface area contributed by atoms with E-state index < -0.39 is 10.0 Å². The van der Waals surface area contributed by atoms with Gasteiger partial charge >= 0.3 is 0 Å². The van der Waals surface area contributed by atoms with E-state index in [1.165, 1.54) is 10.6 Å². The third-order valence-electron chi connectivity index (χ3n) is 6.65. The van der Waals surface area contributed by atoms with E-state index >= 15 is 0 Å². The Bertz CT molecular complexity index is 1640. The van der Waals surface area contributed by atoms with Gasteiger partial charge in [-0.1, -0.05) is 29.8 Å². The molecule has 202 valence electrons. The molecule has 0 unspecified atom stereocenters. The number of nitrogens with zero attached hydrogens (tertiary/aromatic N) is 3. The van der Waals surface area contributed by atoms with Crippen molar-refractivity contribution in [1.29, 1.82) is 0 Å². The van der Waals surface area contributed by atoms with E-state index in [0.717, 1.165) is 39.3 Å². The third-order valence-corrected chi connectivity index (χ3v) is 8.04. The molecular weight excluding hydrogens is 532 g/mol. The van der Waals surface area contributed by atoms with Crippen LogP contribution in [-0.2, 0) is 16.6 Å². The van der Waals surface area contributed by atoms with Gasteiger partial charge in [0.25, 0.3) is 5.91 Å². The fourth-order valence-electron chi connectivity index (χ4n) is 4.34. The summed E-state index contributed by atoms with van der Waals surface area (Å²) in [5, 5.41) is 4.83. The number of amides is 1. The molecule has 0 spiro atoms. The van der Waals surface area contributed by atoms with Crippen molar-refractivity contribution >= 4 is 39.4 Å². The SMILES string of the molecule is Cc1ccc(N(Cc2ccc(C(=O)N/N=C/c3cc(C)n(-c4ccc(Cl)cc4)c3C)cc2)S(C)(=O)=O)cc1C. The molecule has 3 aromatic carbocycles. The van der Waals surface area contributed by atoms with Crippen LogP contribution in [0, 0.1) is 27.7 Å². The number of aryl methyl sites for hydroxylation is 3. The summed E-state index contributed by atoms with van der Waals surface area (Å²) in [6, 6.07) is 22.0. The number of anilines is 1. The molecule has 1 N–H and O–H groups in total. The summed E-state index contributed by atoms with van der Waals surface area (Å²) in [5.41, 5.74) is 10.3. The standard InChI is InChI=1S/C30H31ClN4O3S/c1-20-6-13-29(16-21(20)2)34(39(5,37)38)19-24-7-9-25(10-8-24)30(36)33-32-18-26-17-22(3)35(23(26)4)28-14-11-27(31)12-15-28/h6-18H,19H2,1-5H3,(H,33,36)/b32-18+. The Morgan fingerprint density at radius 2 is 1.62 bits per heavy atom. The van der Waals surface area contributed by atoms with Crippen LogP contribution in [0.4, 0.5) is 5.69 Å². The molecule has 0 aliphatic heterocycles. The van der Waals surface area contributed by atoms with Crippen molar-refractivity contribution in [3.05, 3.63) is 117 Å². The van der Waals surface area contributed by atoms with Gasteiger partial charge in [-0.2, -0.15) is 5.10 Å². The van der Waals surface area contributed by atoms with Crippen LogP contribution in [0.5, 0.6) is 0 Å². The number of sulfonamides is 1. The second-order valence-corrected chi connectivity index (χ2v) is 11.9. The van der Waals surface area contributed by atoms with Gasteiger partial charge in [0.1, 0.15) is 0 Å². The number of aromatic nitrogens is 1. The molecule has 0 atom stereocenters. The van der Waals surface area contributed by atoms with Crippen LogP contribution in [0.1, 0.15) is 44.0 Å². The van der Waals surface area contributed by atoms with Crippen LogP contribution in [0.15, 0.2) is 77.9 Å². The predicted octanol–water partition coefficient (Wildman–Crippen LogP) is 6.09. The number of benzene rings is 3. The van der Waals surface area contributed by atoms with E-state index in [1.807, 2.05) is 70.2 Å². The van der Waals surface area contributed by atoms with Crippen molar-refractivity contribution in [3.63, 3.8) is 0 Å². The molecule has 4 rings (SSSR count). The zero-order valence-corrected chi connectivity index (χ0v) is 24.1. The predicted molar refractivity (Wildman–Crippen MR) is 159 cm³/mol. The molecule has 1 heterocycles. The van der Waals surface area contributed by atoms with E-state index in [9.17, 15) is 13.2 Å².